The molecule has 0 saturated heterocycles. The third-order valence-electron chi connectivity index (χ3n) is 28.5. The number of rotatable bonds is 16. The van der Waals surface area contributed by atoms with E-state index in [2.05, 4.69) is 483 Å². The first kappa shape index (κ1) is 82.7. The Hall–Kier alpha value is -18.7. The van der Waals surface area contributed by atoms with Gasteiger partial charge in [-0.05, 0) is 243 Å². The molecule has 0 amide bonds. The topological polar surface area (TPSA) is 78.7 Å². The predicted molar refractivity (Wildman–Crippen MR) is 594 cm³/mol. The summed E-state index contributed by atoms with van der Waals surface area (Å²) in [5, 5.41) is 20.2. The molecule has 670 valence electrons. The van der Waals surface area contributed by atoms with Crippen LogP contribution in [0.3, 0.4) is 0 Å². The second-order valence-corrected chi connectivity index (χ2v) is 37.0. The van der Waals surface area contributed by atoms with E-state index in [1.54, 1.807) is 0 Å². The lowest BCUT2D eigenvalue weighted by molar-refractivity contribution is 0.668. The number of furan rings is 5. The Labute approximate surface area is 818 Å². The molecule has 0 aliphatic carbocycles. The fourth-order valence-electron chi connectivity index (χ4n) is 22.2. The van der Waals surface area contributed by atoms with Crippen molar-refractivity contribution < 1.29 is 22.1 Å². The second-order valence-electron chi connectivity index (χ2n) is 37.0. The molecule has 0 bridgehead atoms. The van der Waals surface area contributed by atoms with Crippen LogP contribution in [0.5, 0.6) is 0 Å². The SMILES string of the molecule is Cc1cc(C)c(N(c2ccccc2)c2ccc3c(c2)oc2c4ccc(-c5ccc(N(c6ccccc6-c6ccccc6)c6cccc7c6oc6ccccc67)cc5)cc4c4ccccc4c32)c(C)c1.c1ccc(-c2ccccc2N(c2ccc(-c3ccc4c(c3)c3ccccc3c3c5ccc(N(c6ccccc6)c6cccc7c6oc6ccccc67)cc5oc43)cc2)c2cccc3c2oc2ccccc23)cc1. The maximum absolute atomic E-state index is 7.07. The normalized spacial score (nSPS) is 11.8. The number of hydrogen-bond donors (Lipinski definition) is 0. The van der Waals surface area contributed by atoms with Gasteiger partial charge in [-0.2, -0.15) is 0 Å². The first-order chi connectivity index (χ1) is 70.2. The molecule has 0 N–H and O–H groups in total. The molecule has 0 aliphatic heterocycles. The molecule has 0 aliphatic rings. The van der Waals surface area contributed by atoms with Crippen LogP contribution in [0.25, 0.3) is 197 Å². The van der Waals surface area contributed by atoms with Gasteiger partial charge >= 0.3 is 0 Å². The molecule has 9 heteroatoms. The lowest BCUT2D eigenvalue weighted by Crippen LogP contribution is -2.13. The zero-order valence-corrected chi connectivity index (χ0v) is 77.9. The molecule has 28 aromatic rings. The van der Waals surface area contributed by atoms with Crippen molar-refractivity contribution >= 4 is 221 Å². The largest absolute Gasteiger partial charge is 0.455 e. The Morgan fingerprint density at radius 1 is 0.155 bits per heavy atom. The van der Waals surface area contributed by atoms with Crippen molar-refractivity contribution in [1.82, 2.24) is 0 Å². The van der Waals surface area contributed by atoms with Crippen LogP contribution in [0, 0.1) is 20.8 Å². The summed E-state index contributed by atoms with van der Waals surface area (Å²) in [7, 11) is 0. The van der Waals surface area contributed by atoms with Crippen molar-refractivity contribution in [1.29, 1.82) is 0 Å². The molecule has 9 nitrogen and oxygen atoms in total. The molecular formula is C133H88N4O5. The summed E-state index contributed by atoms with van der Waals surface area (Å²) in [6.07, 6.45) is 0. The van der Waals surface area contributed by atoms with E-state index in [0.29, 0.717) is 0 Å². The van der Waals surface area contributed by atoms with Crippen molar-refractivity contribution in [3.05, 3.63) is 496 Å². The van der Waals surface area contributed by atoms with E-state index < -0.39 is 0 Å². The maximum Gasteiger partial charge on any atom is 0.159 e. The van der Waals surface area contributed by atoms with E-state index in [1.165, 1.54) is 38.5 Å². The van der Waals surface area contributed by atoms with Crippen LogP contribution in [0.15, 0.2) is 501 Å². The predicted octanol–water partition coefficient (Wildman–Crippen LogP) is 39.0. The summed E-state index contributed by atoms with van der Waals surface area (Å²) in [6.45, 7) is 6.58. The van der Waals surface area contributed by atoms with Crippen molar-refractivity contribution in [2.24, 2.45) is 0 Å². The number of para-hydroxylation sites is 10. The Kier molecular flexibility index (Phi) is 19.8. The number of anilines is 12. The molecule has 0 spiro atoms. The molecule has 0 atom stereocenters. The fourth-order valence-corrected chi connectivity index (χ4v) is 22.2. The first-order valence-corrected chi connectivity index (χ1v) is 48.4. The molecular weight excluding hydrogens is 1730 g/mol. The van der Waals surface area contributed by atoms with Gasteiger partial charge in [0.05, 0.1) is 39.8 Å². The van der Waals surface area contributed by atoms with Crippen LogP contribution in [-0.2, 0) is 0 Å². The second kappa shape index (κ2) is 33.9. The number of fused-ring (bicyclic) bond motifs is 25. The van der Waals surface area contributed by atoms with E-state index in [0.717, 1.165) is 244 Å². The van der Waals surface area contributed by atoms with Crippen molar-refractivity contribution in [2.75, 3.05) is 19.6 Å². The van der Waals surface area contributed by atoms with E-state index >= 15 is 0 Å². The Morgan fingerprint density at radius 2 is 0.444 bits per heavy atom. The van der Waals surface area contributed by atoms with Gasteiger partial charge in [0.1, 0.15) is 39.1 Å². The molecule has 5 aromatic heterocycles. The van der Waals surface area contributed by atoms with E-state index in [4.69, 9.17) is 22.1 Å². The standard InChI is InChI=1S/C68H42N2O3.C65H46N2O2/c1-3-17-44(18-4-1)49-21-9-12-28-59(49)70(61-30-16-27-55-52-24-11-14-32-63(52)72-67(55)61)47-36-33-43(34-37-47)45-35-39-56-58(41-45)50-22-7-8-25-53(50)65-57-40-38-48(42-64(57)73-68(56)65)69(46-19-5-2-6-20-46)60-29-15-26-54-51-23-10-13-31-62(51)71-66(54)60;1-41-37-42(2)63(43(3)38-41)66(47-19-8-5-9-20-47)49-34-36-56-61(40-49)69-65-55-35-31-46(39-57(55)51-22-10-11-24-53(51)62(56)65)44-29-32-48(33-30-44)67(58-26-14-12-21-50(58)45-17-6-4-7-18-45)59-27-16-25-54-52-23-13-15-28-60(52)68-64(54)59/h1-42H;4-40H,1-3H3. The summed E-state index contributed by atoms with van der Waals surface area (Å²) < 4.78 is 34.1. The summed E-state index contributed by atoms with van der Waals surface area (Å²) in [6, 6.07) is 171. The molecule has 0 unspecified atom stereocenters. The van der Waals surface area contributed by atoms with Gasteiger partial charge in [0.2, 0.25) is 0 Å². The van der Waals surface area contributed by atoms with Crippen molar-refractivity contribution in [2.45, 2.75) is 20.8 Å². The zero-order chi connectivity index (χ0) is 94.2. The number of aryl methyl sites for hydroxylation is 3. The summed E-state index contributed by atoms with van der Waals surface area (Å²) in [5.41, 5.74) is 33.8. The number of hydrogen-bond acceptors (Lipinski definition) is 9. The van der Waals surface area contributed by atoms with Crippen LogP contribution in [0.4, 0.5) is 68.2 Å². The minimum absolute atomic E-state index is 0.819. The Morgan fingerprint density at radius 3 is 0.859 bits per heavy atom. The molecule has 0 saturated carbocycles. The highest BCUT2D eigenvalue weighted by molar-refractivity contribution is 6.33. The average Bonchev–Trinajstić information content (AvgIpc) is 1.55. The number of nitrogens with zero attached hydrogens (tertiary/aromatic N) is 4. The van der Waals surface area contributed by atoms with Gasteiger partial charge in [-0.15, -0.1) is 0 Å². The summed E-state index contributed by atoms with van der Waals surface area (Å²) in [4.78, 5) is 9.32. The van der Waals surface area contributed by atoms with Crippen LogP contribution >= 0.6 is 0 Å². The zero-order valence-electron chi connectivity index (χ0n) is 77.9. The van der Waals surface area contributed by atoms with Gasteiger partial charge in [0.15, 0.2) is 16.7 Å². The van der Waals surface area contributed by atoms with Crippen LogP contribution in [-0.4, -0.2) is 0 Å². The Bertz CT molecular complexity index is 9840. The van der Waals surface area contributed by atoms with Gasteiger partial charge in [-0.25, -0.2) is 0 Å². The monoisotopic (exact) mass is 1820 g/mol. The van der Waals surface area contributed by atoms with E-state index in [1.807, 2.05) is 36.4 Å². The molecule has 23 aromatic carbocycles. The van der Waals surface area contributed by atoms with Crippen molar-refractivity contribution in [3.8, 4) is 44.5 Å². The minimum atomic E-state index is 0.819. The highest BCUT2D eigenvalue weighted by Gasteiger charge is 2.30. The third kappa shape index (κ3) is 13.8. The maximum atomic E-state index is 7.07. The first-order valence-electron chi connectivity index (χ1n) is 48.4. The fraction of sp³-hybridized carbons (Fsp3) is 0.0226. The average molecular weight is 1820 g/mol. The van der Waals surface area contributed by atoms with Gasteiger partial charge < -0.3 is 41.7 Å². The van der Waals surface area contributed by atoms with Crippen LogP contribution in [0.2, 0.25) is 0 Å². The summed E-state index contributed by atoms with van der Waals surface area (Å²) >= 11 is 0. The smallest absolute Gasteiger partial charge is 0.159 e. The lowest BCUT2D eigenvalue weighted by Gasteiger charge is -2.29. The van der Waals surface area contributed by atoms with Crippen LogP contribution < -0.4 is 19.6 Å². The highest BCUT2D eigenvalue weighted by atomic mass is 16.3. The van der Waals surface area contributed by atoms with Gasteiger partial charge in [0.25, 0.3) is 0 Å². The third-order valence-corrected chi connectivity index (χ3v) is 28.5. The molecule has 142 heavy (non-hydrogen) atoms. The van der Waals surface area contributed by atoms with E-state index in [9.17, 15) is 0 Å². The lowest BCUT2D eigenvalue weighted by atomic mass is 9.94. The van der Waals surface area contributed by atoms with Gasteiger partial charge in [-0.3, -0.25) is 0 Å². The van der Waals surface area contributed by atoms with Crippen LogP contribution in [0.1, 0.15) is 16.7 Å². The molecule has 0 fully saturated rings. The molecule has 0 radical (unpaired) electrons. The van der Waals surface area contributed by atoms with Gasteiger partial charge in [-0.1, -0.05) is 327 Å². The molecule has 5 heterocycles. The van der Waals surface area contributed by atoms with Gasteiger partial charge in [0, 0.05) is 116 Å². The van der Waals surface area contributed by atoms with E-state index in [-0.39, 0.29) is 0 Å². The minimum Gasteiger partial charge on any atom is -0.455 e. The highest BCUT2D eigenvalue weighted by Crippen LogP contribution is 2.54. The quantitative estimate of drug-likeness (QED) is 0.0879. The summed E-state index contributed by atoms with van der Waals surface area (Å²) in [5.74, 6) is 0. The Balaban J connectivity index is 0.000000142. The van der Waals surface area contributed by atoms with Crippen molar-refractivity contribution in [3.63, 3.8) is 0 Å². The number of benzene rings is 23. The molecule has 28 rings (SSSR count).